The first-order valence-corrected chi connectivity index (χ1v) is 9.03. The molecular formula is C17H21N3O2S. The quantitative estimate of drug-likeness (QED) is 0.920. The molecule has 2 aliphatic rings. The van der Waals surface area contributed by atoms with Crippen molar-refractivity contribution in [1.82, 2.24) is 5.32 Å². The van der Waals surface area contributed by atoms with Crippen molar-refractivity contribution >= 4 is 34.4 Å². The summed E-state index contributed by atoms with van der Waals surface area (Å²) in [5.41, 5.74) is 2.14. The molecule has 0 spiro atoms. The summed E-state index contributed by atoms with van der Waals surface area (Å²) in [7, 11) is 0. The van der Waals surface area contributed by atoms with Crippen LogP contribution < -0.4 is 10.2 Å². The van der Waals surface area contributed by atoms with Crippen LogP contribution >= 0.6 is 11.8 Å². The Balaban J connectivity index is 1.63. The summed E-state index contributed by atoms with van der Waals surface area (Å²) in [6.07, 6.45) is 2.41. The van der Waals surface area contributed by atoms with E-state index >= 15 is 0 Å². The zero-order valence-electron chi connectivity index (χ0n) is 13.2. The second kappa shape index (κ2) is 7.17. The molecule has 3 rings (SSSR count). The molecule has 1 unspecified atom stereocenters. The van der Waals surface area contributed by atoms with E-state index in [1.165, 1.54) is 5.56 Å². The van der Waals surface area contributed by atoms with Crippen molar-refractivity contribution in [3.63, 3.8) is 0 Å². The van der Waals surface area contributed by atoms with E-state index in [1.54, 1.807) is 16.7 Å². The lowest BCUT2D eigenvalue weighted by Gasteiger charge is -2.17. The Morgan fingerprint density at radius 2 is 2.17 bits per heavy atom. The SMILES string of the molecule is CCCc1ccc(N2CC(C(=O)NC3=NCCS3)CC2=O)cc1. The first-order valence-electron chi connectivity index (χ1n) is 8.05. The van der Waals surface area contributed by atoms with Crippen LogP contribution in [0.15, 0.2) is 29.3 Å². The molecule has 0 aromatic heterocycles. The molecule has 0 aliphatic carbocycles. The largest absolute Gasteiger partial charge is 0.312 e. The first kappa shape index (κ1) is 16.1. The number of nitrogens with zero attached hydrogens (tertiary/aromatic N) is 2. The van der Waals surface area contributed by atoms with Gasteiger partial charge in [0, 0.05) is 24.4 Å². The van der Waals surface area contributed by atoms with Gasteiger partial charge in [0.15, 0.2) is 5.17 Å². The molecule has 1 aromatic carbocycles. The number of amides is 2. The number of carbonyl (C=O) groups is 2. The number of carbonyl (C=O) groups excluding carboxylic acids is 2. The van der Waals surface area contributed by atoms with Crippen molar-refractivity contribution in [2.75, 3.05) is 23.7 Å². The van der Waals surface area contributed by atoms with Gasteiger partial charge in [-0.1, -0.05) is 37.2 Å². The Morgan fingerprint density at radius 1 is 1.39 bits per heavy atom. The Hall–Kier alpha value is -1.82. The number of aryl methyl sites for hydroxylation is 1. The summed E-state index contributed by atoms with van der Waals surface area (Å²) in [4.78, 5) is 30.5. The second-order valence-electron chi connectivity index (χ2n) is 5.85. The van der Waals surface area contributed by atoms with E-state index in [2.05, 4.69) is 29.4 Å². The molecule has 122 valence electrons. The van der Waals surface area contributed by atoms with Crippen molar-refractivity contribution < 1.29 is 9.59 Å². The van der Waals surface area contributed by atoms with Gasteiger partial charge < -0.3 is 10.2 Å². The third-order valence-corrected chi connectivity index (χ3v) is 4.99. The van der Waals surface area contributed by atoms with Crippen LogP contribution in [0.25, 0.3) is 0 Å². The zero-order chi connectivity index (χ0) is 16.2. The number of amidine groups is 1. The predicted octanol–water partition coefficient (Wildman–Crippen LogP) is 2.21. The highest BCUT2D eigenvalue weighted by Gasteiger charge is 2.35. The summed E-state index contributed by atoms with van der Waals surface area (Å²) in [5, 5.41) is 3.52. The molecule has 5 nitrogen and oxygen atoms in total. The van der Waals surface area contributed by atoms with E-state index in [-0.39, 0.29) is 24.2 Å². The topological polar surface area (TPSA) is 61.8 Å². The third kappa shape index (κ3) is 3.75. The van der Waals surface area contributed by atoms with Gasteiger partial charge >= 0.3 is 0 Å². The highest BCUT2D eigenvalue weighted by Crippen LogP contribution is 2.26. The maximum atomic E-state index is 12.3. The molecule has 1 saturated heterocycles. The standard InChI is InChI=1S/C17H21N3O2S/c1-2-3-12-4-6-14(7-5-12)20-11-13(10-15(20)21)16(22)19-17-18-8-9-23-17/h4-7,13H,2-3,8-11H2,1H3,(H,18,19,22). The monoisotopic (exact) mass is 331 g/mol. The molecule has 1 N–H and O–H groups in total. The van der Waals surface area contributed by atoms with E-state index in [0.29, 0.717) is 11.7 Å². The number of aliphatic imine (C=N–C) groups is 1. The van der Waals surface area contributed by atoms with Crippen molar-refractivity contribution in [1.29, 1.82) is 0 Å². The Labute approximate surface area is 140 Å². The van der Waals surface area contributed by atoms with E-state index in [1.807, 2.05) is 12.1 Å². The molecule has 2 heterocycles. The number of rotatable bonds is 4. The Morgan fingerprint density at radius 3 is 2.83 bits per heavy atom. The normalized spacial score (nSPS) is 20.7. The van der Waals surface area contributed by atoms with Crippen molar-refractivity contribution in [3.05, 3.63) is 29.8 Å². The number of hydrogen-bond acceptors (Lipinski definition) is 4. The number of hydrogen-bond donors (Lipinski definition) is 1. The number of nitrogens with one attached hydrogen (secondary N) is 1. The van der Waals surface area contributed by atoms with Crippen LogP contribution in [0.5, 0.6) is 0 Å². The number of benzene rings is 1. The molecular weight excluding hydrogens is 310 g/mol. The maximum absolute atomic E-state index is 12.3. The van der Waals surface area contributed by atoms with Crippen molar-refractivity contribution in [2.24, 2.45) is 10.9 Å². The van der Waals surface area contributed by atoms with Crippen molar-refractivity contribution in [3.8, 4) is 0 Å². The van der Waals surface area contributed by atoms with Crippen LogP contribution in [0.4, 0.5) is 5.69 Å². The van der Waals surface area contributed by atoms with Crippen LogP contribution in [0.3, 0.4) is 0 Å². The van der Waals surface area contributed by atoms with Crippen LogP contribution in [0.2, 0.25) is 0 Å². The van der Waals surface area contributed by atoms with Crippen LogP contribution in [-0.4, -0.2) is 35.8 Å². The zero-order valence-corrected chi connectivity index (χ0v) is 14.1. The fraction of sp³-hybridized carbons (Fsp3) is 0.471. The van der Waals surface area contributed by atoms with Gasteiger partial charge in [0.25, 0.3) is 0 Å². The van der Waals surface area contributed by atoms with Gasteiger partial charge in [-0.15, -0.1) is 0 Å². The van der Waals surface area contributed by atoms with E-state index in [9.17, 15) is 9.59 Å². The summed E-state index contributed by atoms with van der Waals surface area (Å²) in [5.74, 6) is 0.517. The molecule has 6 heteroatoms. The molecule has 23 heavy (non-hydrogen) atoms. The highest BCUT2D eigenvalue weighted by molar-refractivity contribution is 8.14. The highest BCUT2D eigenvalue weighted by atomic mass is 32.2. The average Bonchev–Trinajstić information content (AvgIpc) is 3.18. The minimum Gasteiger partial charge on any atom is -0.312 e. The minimum absolute atomic E-state index is 0.00871. The molecule has 1 aromatic rings. The fourth-order valence-electron chi connectivity index (χ4n) is 2.88. The summed E-state index contributed by atoms with van der Waals surface area (Å²) in [6, 6.07) is 8.06. The average molecular weight is 331 g/mol. The maximum Gasteiger partial charge on any atom is 0.231 e. The number of anilines is 1. The summed E-state index contributed by atoms with van der Waals surface area (Å²) >= 11 is 1.55. The van der Waals surface area contributed by atoms with E-state index in [4.69, 9.17) is 0 Å². The summed E-state index contributed by atoms with van der Waals surface area (Å²) < 4.78 is 0. The predicted molar refractivity (Wildman–Crippen MR) is 93.8 cm³/mol. The molecule has 1 fully saturated rings. The summed E-state index contributed by atoms with van der Waals surface area (Å²) in [6.45, 7) is 3.34. The molecule has 0 bridgehead atoms. The van der Waals surface area contributed by atoms with E-state index < -0.39 is 0 Å². The smallest absolute Gasteiger partial charge is 0.231 e. The molecule has 2 amide bonds. The van der Waals surface area contributed by atoms with Gasteiger partial charge in [-0.2, -0.15) is 0 Å². The van der Waals surface area contributed by atoms with E-state index in [0.717, 1.165) is 30.8 Å². The molecule has 1 atom stereocenters. The molecule has 2 aliphatic heterocycles. The number of thioether (sulfide) groups is 1. The fourth-order valence-corrected chi connectivity index (χ4v) is 3.61. The third-order valence-electron chi connectivity index (χ3n) is 4.10. The van der Waals surface area contributed by atoms with Crippen LogP contribution in [0, 0.1) is 5.92 Å². The second-order valence-corrected chi connectivity index (χ2v) is 6.93. The van der Waals surface area contributed by atoms with Crippen molar-refractivity contribution in [2.45, 2.75) is 26.2 Å². The Bertz CT molecular complexity index is 627. The van der Waals surface area contributed by atoms with Gasteiger partial charge in [0.1, 0.15) is 0 Å². The lowest BCUT2D eigenvalue weighted by atomic mass is 10.1. The molecule has 0 radical (unpaired) electrons. The van der Waals surface area contributed by atoms with Gasteiger partial charge in [-0.25, -0.2) is 0 Å². The minimum atomic E-state index is -0.304. The van der Waals surface area contributed by atoms with Crippen LogP contribution in [-0.2, 0) is 16.0 Å². The molecule has 0 saturated carbocycles. The van der Waals surface area contributed by atoms with Gasteiger partial charge in [0.2, 0.25) is 11.8 Å². The van der Waals surface area contributed by atoms with Crippen LogP contribution in [0.1, 0.15) is 25.3 Å². The first-order chi connectivity index (χ1) is 11.2. The lowest BCUT2D eigenvalue weighted by molar-refractivity contribution is -0.125. The lowest BCUT2D eigenvalue weighted by Crippen LogP contribution is -2.35. The Kier molecular flexibility index (Phi) is 5.00. The van der Waals surface area contributed by atoms with Gasteiger partial charge in [-0.3, -0.25) is 14.6 Å². The van der Waals surface area contributed by atoms with Gasteiger partial charge in [0.05, 0.1) is 12.5 Å². The van der Waals surface area contributed by atoms with Gasteiger partial charge in [-0.05, 0) is 24.1 Å².